The highest BCUT2D eigenvalue weighted by molar-refractivity contribution is 5.33. The predicted molar refractivity (Wildman–Crippen MR) is 68.7 cm³/mol. The Balaban J connectivity index is 2.05. The summed E-state index contributed by atoms with van der Waals surface area (Å²) in [4.78, 5) is 0. The third-order valence-electron chi connectivity index (χ3n) is 3.34. The Morgan fingerprint density at radius 1 is 1.31 bits per heavy atom. The maximum absolute atomic E-state index is 3.59. The molecule has 1 saturated carbocycles. The largest absolute Gasteiger partial charge is 0.312 e. The van der Waals surface area contributed by atoms with Gasteiger partial charge in [-0.2, -0.15) is 0 Å². The summed E-state index contributed by atoms with van der Waals surface area (Å²) in [6.45, 7) is 5.38. The highest BCUT2D eigenvalue weighted by Gasteiger charge is 2.22. The minimum Gasteiger partial charge on any atom is -0.312 e. The van der Waals surface area contributed by atoms with Gasteiger partial charge in [0.05, 0.1) is 0 Å². The normalized spacial score (nSPS) is 17.4. The van der Waals surface area contributed by atoms with Crippen LogP contribution in [0.25, 0.3) is 0 Å². The first-order valence-corrected chi connectivity index (χ1v) is 6.18. The molecule has 0 heterocycles. The van der Waals surface area contributed by atoms with E-state index in [1.165, 1.54) is 29.5 Å². The van der Waals surface area contributed by atoms with Crippen molar-refractivity contribution in [2.45, 2.75) is 38.8 Å². The van der Waals surface area contributed by atoms with Gasteiger partial charge in [-0.25, -0.2) is 0 Å². The monoisotopic (exact) mass is 218 g/mol. The highest BCUT2D eigenvalue weighted by Crippen LogP contribution is 2.22. The Morgan fingerprint density at radius 2 is 2.06 bits per heavy atom. The highest BCUT2D eigenvalue weighted by atomic mass is 15.0. The molecule has 2 heteroatoms. The molecule has 1 fully saturated rings. The average molecular weight is 218 g/mol. The maximum atomic E-state index is 3.59. The van der Waals surface area contributed by atoms with Crippen LogP contribution in [0.2, 0.25) is 0 Å². The van der Waals surface area contributed by atoms with Crippen LogP contribution in [0.15, 0.2) is 18.2 Å². The molecule has 0 amide bonds. The lowest BCUT2D eigenvalue weighted by Crippen LogP contribution is -2.31. The van der Waals surface area contributed by atoms with Gasteiger partial charge in [0.25, 0.3) is 0 Å². The van der Waals surface area contributed by atoms with E-state index in [4.69, 9.17) is 0 Å². The number of benzene rings is 1. The van der Waals surface area contributed by atoms with Gasteiger partial charge < -0.3 is 10.6 Å². The summed E-state index contributed by atoms with van der Waals surface area (Å²) in [6.07, 6.45) is 2.70. The third-order valence-corrected chi connectivity index (χ3v) is 3.34. The van der Waals surface area contributed by atoms with Crippen molar-refractivity contribution in [3.8, 4) is 0 Å². The second kappa shape index (κ2) is 4.98. The summed E-state index contributed by atoms with van der Waals surface area (Å²) in [7, 11) is 2.04. The third kappa shape index (κ3) is 2.83. The van der Waals surface area contributed by atoms with Crippen LogP contribution in [0.4, 0.5) is 0 Å². The number of hydrogen-bond donors (Lipinski definition) is 2. The second-order valence-electron chi connectivity index (χ2n) is 4.88. The van der Waals surface area contributed by atoms with Crippen LogP contribution in [-0.4, -0.2) is 19.6 Å². The summed E-state index contributed by atoms with van der Waals surface area (Å²) < 4.78 is 0. The molecule has 0 bridgehead atoms. The molecular weight excluding hydrogens is 196 g/mol. The van der Waals surface area contributed by atoms with Crippen LogP contribution in [0.1, 0.15) is 35.6 Å². The van der Waals surface area contributed by atoms with Crippen LogP contribution in [0.5, 0.6) is 0 Å². The molecule has 2 nitrogen and oxygen atoms in total. The molecule has 0 saturated heterocycles. The summed E-state index contributed by atoms with van der Waals surface area (Å²) in [5.74, 6) is 0. The first-order chi connectivity index (χ1) is 7.70. The van der Waals surface area contributed by atoms with Crippen LogP contribution in [0.3, 0.4) is 0 Å². The first-order valence-electron chi connectivity index (χ1n) is 6.18. The molecule has 1 atom stereocenters. The molecule has 16 heavy (non-hydrogen) atoms. The van der Waals surface area contributed by atoms with Gasteiger partial charge in [0.2, 0.25) is 0 Å². The van der Waals surface area contributed by atoms with Crippen molar-refractivity contribution in [3.05, 3.63) is 34.9 Å². The molecule has 1 aliphatic rings. The molecule has 0 spiro atoms. The lowest BCUT2D eigenvalue weighted by atomic mass is 9.99. The van der Waals surface area contributed by atoms with Gasteiger partial charge in [0, 0.05) is 18.6 Å². The smallest absolute Gasteiger partial charge is 0.0447 e. The summed E-state index contributed by atoms with van der Waals surface area (Å²) in [5.41, 5.74) is 4.14. The summed E-state index contributed by atoms with van der Waals surface area (Å²) in [6, 6.07) is 7.92. The minimum absolute atomic E-state index is 0.432. The van der Waals surface area contributed by atoms with Gasteiger partial charge in [0.15, 0.2) is 0 Å². The van der Waals surface area contributed by atoms with Gasteiger partial charge in [0.1, 0.15) is 0 Å². The topological polar surface area (TPSA) is 24.1 Å². The summed E-state index contributed by atoms with van der Waals surface area (Å²) >= 11 is 0. The number of aryl methyl sites for hydroxylation is 2. The van der Waals surface area contributed by atoms with Crippen LogP contribution < -0.4 is 10.6 Å². The SMILES string of the molecule is CNC(CNC1CC1)c1ccc(C)cc1C. The maximum Gasteiger partial charge on any atom is 0.0447 e. The molecule has 1 aromatic rings. The van der Waals surface area contributed by atoms with Crippen LogP contribution in [0, 0.1) is 13.8 Å². The molecule has 1 aromatic carbocycles. The van der Waals surface area contributed by atoms with E-state index in [1.54, 1.807) is 0 Å². The van der Waals surface area contributed by atoms with Crippen LogP contribution in [-0.2, 0) is 0 Å². The fraction of sp³-hybridized carbons (Fsp3) is 0.571. The van der Waals surface area contributed by atoms with Crippen molar-refractivity contribution in [2.24, 2.45) is 0 Å². The predicted octanol–water partition coefficient (Wildman–Crippen LogP) is 2.32. The Hall–Kier alpha value is -0.860. The van der Waals surface area contributed by atoms with Crippen molar-refractivity contribution in [1.82, 2.24) is 10.6 Å². The number of rotatable bonds is 5. The van der Waals surface area contributed by atoms with E-state index in [0.29, 0.717) is 6.04 Å². The Morgan fingerprint density at radius 3 is 2.62 bits per heavy atom. The Bertz CT molecular complexity index is 356. The quantitative estimate of drug-likeness (QED) is 0.792. The van der Waals surface area contributed by atoms with E-state index in [0.717, 1.165) is 12.6 Å². The molecule has 0 aromatic heterocycles. The van der Waals surface area contributed by atoms with Crippen molar-refractivity contribution >= 4 is 0 Å². The zero-order chi connectivity index (χ0) is 11.5. The van der Waals surface area contributed by atoms with Crippen molar-refractivity contribution in [1.29, 1.82) is 0 Å². The fourth-order valence-electron chi connectivity index (χ4n) is 2.16. The van der Waals surface area contributed by atoms with Gasteiger partial charge in [-0.15, -0.1) is 0 Å². The lowest BCUT2D eigenvalue weighted by Gasteiger charge is -2.19. The van der Waals surface area contributed by atoms with E-state index in [1.807, 2.05) is 7.05 Å². The number of nitrogens with one attached hydrogen (secondary N) is 2. The average Bonchev–Trinajstić information content (AvgIpc) is 3.05. The van der Waals surface area contributed by atoms with E-state index in [2.05, 4.69) is 42.7 Å². The molecular formula is C14H22N2. The zero-order valence-electron chi connectivity index (χ0n) is 10.5. The number of likely N-dealkylation sites (N-methyl/N-ethyl adjacent to an activating group) is 1. The fourth-order valence-corrected chi connectivity index (χ4v) is 2.16. The lowest BCUT2D eigenvalue weighted by molar-refractivity contribution is 0.524. The molecule has 2 N–H and O–H groups in total. The van der Waals surface area contributed by atoms with Crippen LogP contribution >= 0.6 is 0 Å². The molecule has 1 unspecified atom stereocenters. The second-order valence-corrected chi connectivity index (χ2v) is 4.88. The van der Waals surface area contributed by atoms with E-state index < -0.39 is 0 Å². The molecule has 0 aliphatic heterocycles. The molecule has 0 radical (unpaired) electrons. The zero-order valence-corrected chi connectivity index (χ0v) is 10.5. The minimum atomic E-state index is 0.432. The number of hydrogen-bond acceptors (Lipinski definition) is 2. The van der Waals surface area contributed by atoms with Gasteiger partial charge in [-0.1, -0.05) is 23.8 Å². The molecule has 88 valence electrons. The summed E-state index contributed by atoms with van der Waals surface area (Å²) in [5, 5.41) is 6.98. The molecule has 2 rings (SSSR count). The van der Waals surface area contributed by atoms with Crippen molar-refractivity contribution in [3.63, 3.8) is 0 Å². The van der Waals surface area contributed by atoms with Gasteiger partial charge >= 0.3 is 0 Å². The standard InChI is InChI=1S/C14H22N2/c1-10-4-7-13(11(2)8-10)14(15-3)9-16-12-5-6-12/h4,7-8,12,14-16H,5-6,9H2,1-3H3. The van der Waals surface area contributed by atoms with E-state index in [-0.39, 0.29) is 0 Å². The molecule has 1 aliphatic carbocycles. The van der Waals surface area contributed by atoms with Crippen molar-refractivity contribution in [2.75, 3.05) is 13.6 Å². The first kappa shape index (κ1) is 11.6. The van der Waals surface area contributed by atoms with Gasteiger partial charge in [-0.3, -0.25) is 0 Å². The Kier molecular flexibility index (Phi) is 3.62. The van der Waals surface area contributed by atoms with Crippen molar-refractivity contribution < 1.29 is 0 Å². The van der Waals surface area contributed by atoms with E-state index >= 15 is 0 Å². The Labute approximate surface area is 98.4 Å². The van der Waals surface area contributed by atoms with E-state index in [9.17, 15) is 0 Å². The van der Waals surface area contributed by atoms with Gasteiger partial charge in [-0.05, 0) is 44.9 Å².